The summed E-state index contributed by atoms with van der Waals surface area (Å²) in [6.07, 6.45) is -0.917. The molecule has 0 aliphatic carbocycles. The summed E-state index contributed by atoms with van der Waals surface area (Å²) < 4.78 is 18.0. The fraction of sp³-hybridized carbons (Fsp3) is 0.692. The summed E-state index contributed by atoms with van der Waals surface area (Å²) in [5.41, 5.74) is 1.11. The minimum atomic E-state index is -2.18. The lowest BCUT2D eigenvalue weighted by Gasteiger charge is -2.43. The molecule has 0 aromatic heterocycles. The molecule has 6 nitrogen and oxygen atoms in total. The van der Waals surface area contributed by atoms with Gasteiger partial charge in [0.2, 0.25) is 5.91 Å². The van der Waals surface area contributed by atoms with Gasteiger partial charge >= 0.3 is 6.09 Å². The SMILES string of the molecule is CC(C)C1COC(=O)N1C(=O)C(C)C(O[Si](C)(C)C(C)(C)C)C(C)COCc1ccccc1. The first-order chi connectivity index (χ1) is 15.3. The third kappa shape index (κ3) is 6.90. The maximum Gasteiger partial charge on any atom is 0.416 e. The number of hydrogen-bond acceptors (Lipinski definition) is 5. The number of rotatable bonds is 10. The summed E-state index contributed by atoms with van der Waals surface area (Å²) in [5, 5.41) is -0.00826. The van der Waals surface area contributed by atoms with Crippen LogP contribution in [-0.4, -0.2) is 50.6 Å². The molecule has 1 aromatic carbocycles. The number of imide groups is 1. The van der Waals surface area contributed by atoms with Crippen molar-refractivity contribution >= 4 is 20.3 Å². The van der Waals surface area contributed by atoms with Gasteiger partial charge in [-0.2, -0.15) is 0 Å². The molecule has 0 bridgehead atoms. The average molecular weight is 478 g/mol. The molecule has 4 unspecified atom stereocenters. The lowest BCUT2D eigenvalue weighted by Crippen LogP contribution is -2.53. The monoisotopic (exact) mass is 477 g/mol. The van der Waals surface area contributed by atoms with Crippen molar-refractivity contribution in [2.24, 2.45) is 17.8 Å². The first-order valence-corrected chi connectivity index (χ1v) is 15.0. The standard InChI is InChI=1S/C26H43NO5Si/c1-18(2)22-17-31-25(29)27(22)24(28)20(4)23(32-33(8,9)26(5,6)7)19(3)15-30-16-21-13-11-10-12-14-21/h10-14,18-20,22-23H,15-17H2,1-9H3. The van der Waals surface area contributed by atoms with Crippen LogP contribution in [0.1, 0.15) is 54.0 Å². The van der Waals surface area contributed by atoms with Crippen LogP contribution in [-0.2, 0) is 25.3 Å². The zero-order valence-electron chi connectivity index (χ0n) is 21.9. The van der Waals surface area contributed by atoms with Crippen LogP contribution in [0.3, 0.4) is 0 Å². The molecule has 1 fully saturated rings. The van der Waals surface area contributed by atoms with Gasteiger partial charge in [0, 0.05) is 5.92 Å². The van der Waals surface area contributed by atoms with Gasteiger partial charge in [0.15, 0.2) is 8.32 Å². The zero-order chi connectivity index (χ0) is 25.0. The van der Waals surface area contributed by atoms with E-state index in [1.807, 2.05) is 51.1 Å². The summed E-state index contributed by atoms with van der Waals surface area (Å²) in [5.74, 6) is -0.631. The lowest BCUT2D eigenvalue weighted by molar-refractivity contribution is -0.138. The van der Waals surface area contributed by atoms with Crippen molar-refractivity contribution < 1.29 is 23.5 Å². The van der Waals surface area contributed by atoms with Crippen LogP contribution in [0.5, 0.6) is 0 Å². The third-order valence-electron chi connectivity index (χ3n) is 7.09. The van der Waals surface area contributed by atoms with Crippen molar-refractivity contribution in [2.45, 2.75) is 85.4 Å². The van der Waals surface area contributed by atoms with Gasteiger partial charge in [-0.25, -0.2) is 9.69 Å². The van der Waals surface area contributed by atoms with Crippen LogP contribution in [0, 0.1) is 17.8 Å². The third-order valence-corrected chi connectivity index (χ3v) is 11.6. The van der Waals surface area contributed by atoms with Gasteiger partial charge in [0.25, 0.3) is 0 Å². The Balaban J connectivity index is 2.21. The van der Waals surface area contributed by atoms with E-state index in [2.05, 4.69) is 40.8 Å². The molecule has 1 aromatic rings. The molecule has 2 amide bonds. The number of carbonyl (C=O) groups is 2. The van der Waals surface area contributed by atoms with Gasteiger partial charge in [-0.3, -0.25) is 4.79 Å². The molecule has 0 radical (unpaired) electrons. The number of nitrogens with zero attached hydrogens (tertiary/aromatic N) is 1. The van der Waals surface area contributed by atoms with Crippen molar-refractivity contribution in [3.05, 3.63) is 35.9 Å². The maximum atomic E-state index is 13.6. The van der Waals surface area contributed by atoms with Crippen molar-refractivity contribution in [3.8, 4) is 0 Å². The van der Waals surface area contributed by atoms with E-state index in [-0.39, 0.29) is 41.5 Å². The van der Waals surface area contributed by atoms with Crippen molar-refractivity contribution in [1.82, 2.24) is 4.90 Å². The van der Waals surface area contributed by atoms with Crippen LogP contribution >= 0.6 is 0 Å². The number of benzene rings is 1. The van der Waals surface area contributed by atoms with E-state index in [0.717, 1.165) is 5.56 Å². The van der Waals surface area contributed by atoms with Gasteiger partial charge in [-0.1, -0.05) is 78.8 Å². The molecule has 4 atom stereocenters. The summed E-state index contributed by atoms with van der Waals surface area (Å²) >= 11 is 0. The van der Waals surface area contributed by atoms with Crippen molar-refractivity contribution in [1.29, 1.82) is 0 Å². The second-order valence-corrected chi connectivity index (χ2v) is 16.0. The summed E-state index contributed by atoms with van der Waals surface area (Å²) in [7, 11) is -2.18. The molecular formula is C26H43NO5Si. The molecule has 1 aliphatic heterocycles. The molecule has 0 N–H and O–H groups in total. The molecule has 1 saturated heterocycles. The maximum absolute atomic E-state index is 13.6. The highest BCUT2D eigenvalue weighted by atomic mass is 28.4. The number of ether oxygens (including phenoxy) is 2. The first kappa shape index (κ1) is 27.5. The molecule has 33 heavy (non-hydrogen) atoms. The Kier molecular flexibility index (Phi) is 9.30. The van der Waals surface area contributed by atoms with Crippen LogP contribution in [0.4, 0.5) is 4.79 Å². The number of carbonyl (C=O) groups excluding carboxylic acids is 2. The fourth-order valence-electron chi connectivity index (χ4n) is 3.80. The second kappa shape index (κ2) is 11.1. The predicted octanol–water partition coefficient (Wildman–Crippen LogP) is 5.87. The normalized spacial score (nSPS) is 20.0. The Morgan fingerprint density at radius 2 is 1.76 bits per heavy atom. The molecule has 0 spiro atoms. The average Bonchev–Trinajstić information content (AvgIpc) is 3.12. The van der Waals surface area contributed by atoms with E-state index >= 15 is 0 Å². The summed E-state index contributed by atoms with van der Waals surface area (Å²) in [6.45, 7) is 20.1. The minimum absolute atomic E-state index is 0.00826. The van der Waals surface area contributed by atoms with Crippen LogP contribution in [0.2, 0.25) is 18.1 Å². The quantitative estimate of drug-likeness (QED) is 0.394. The van der Waals surface area contributed by atoms with Crippen LogP contribution < -0.4 is 0 Å². The van der Waals surface area contributed by atoms with Gasteiger partial charge < -0.3 is 13.9 Å². The van der Waals surface area contributed by atoms with Gasteiger partial charge in [0.1, 0.15) is 6.61 Å². The number of hydrogen-bond donors (Lipinski definition) is 0. The van der Waals surface area contributed by atoms with Crippen LogP contribution in [0.25, 0.3) is 0 Å². The number of cyclic esters (lactones) is 1. The minimum Gasteiger partial charge on any atom is -0.447 e. The Bertz CT molecular complexity index is 790. The molecule has 7 heteroatoms. The Labute approximate surface area is 201 Å². The highest BCUT2D eigenvalue weighted by molar-refractivity contribution is 6.74. The highest BCUT2D eigenvalue weighted by Gasteiger charge is 2.47. The molecule has 186 valence electrons. The Morgan fingerprint density at radius 1 is 1.15 bits per heavy atom. The highest BCUT2D eigenvalue weighted by Crippen LogP contribution is 2.39. The smallest absolute Gasteiger partial charge is 0.416 e. The van der Waals surface area contributed by atoms with Gasteiger partial charge in [-0.15, -0.1) is 0 Å². The first-order valence-electron chi connectivity index (χ1n) is 12.1. The van der Waals surface area contributed by atoms with Gasteiger partial charge in [0.05, 0.1) is 31.3 Å². The van der Waals surface area contributed by atoms with E-state index in [1.54, 1.807) is 0 Å². The lowest BCUT2D eigenvalue weighted by atomic mass is 9.92. The van der Waals surface area contributed by atoms with E-state index in [1.165, 1.54) is 4.90 Å². The van der Waals surface area contributed by atoms with Gasteiger partial charge in [-0.05, 0) is 29.6 Å². The van der Waals surface area contributed by atoms with E-state index in [0.29, 0.717) is 13.2 Å². The van der Waals surface area contributed by atoms with E-state index < -0.39 is 20.3 Å². The second-order valence-electron chi connectivity index (χ2n) is 11.2. The fourth-order valence-corrected chi connectivity index (χ4v) is 5.27. The summed E-state index contributed by atoms with van der Waals surface area (Å²) in [6, 6.07) is 9.79. The van der Waals surface area contributed by atoms with Crippen molar-refractivity contribution in [2.75, 3.05) is 13.2 Å². The van der Waals surface area contributed by atoms with E-state index in [9.17, 15) is 9.59 Å². The van der Waals surface area contributed by atoms with Crippen molar-refractivity contribution in [3.63, 3.8) is 0 Å². The van der Waals surface area contributed by atoms with Crippen LogP contribution in [0.15, 0.2) is 30.3 Å². The molecular weight excluding hydrogens is 434 g/mol. The molecule has 2 rings (SSSR count). The summed E-state index contributed by atoms with van der Waals surface area (Å²) in [4.78, 5) is 27.3. The zero-order valence-corrected chi connectivity index (χ0v) is 22.9. The Morgan fingerprint density at radius 3 is 2.30 bits per heavy atom. The topological polar surface area (TPSA) is 65.1 Å². The molecule has 0 saturated carbocycles. The molecule has 1 heterocycles. The largest absolute Gasteiger partial charge is 0.447 e. The Hall–Kier alpha value is -1.70. The number of amides is 2. The van der Waals surface area contributed by atoms with E-state index in [4.69, 9.17) is 13.9 Å². The molecule has 1 aliphatic rings. The predicted molar refractivity (Wildman–Crippen MR) is 133 cm³/mol.